The molecular formula is C12H9N3O3S2. The number of nitrogens with zero attached hydrogens (tertiary/aromatic N) is 2. The van der Waals surface area contributed by atoms with Gasteiger partial charge in [-0.15, -0.1) is 21.5 Å². The minimum atomic E-state index is -3.76. The first-order valence-electron chi connectivity index (χ1n) is 5.55. The van der Waals surface area contributed by atoms with E-state index in [1.165, 1.54) is 23.5 Å². The zero-order valence-electron chi connectivity index (χ0n) is 10.1. The van der Waals surface area contributed by atoms with Gasteiger partial charge in [0.1, 0.15) is 0 Å². The van der Waals surface area contributed by atoms with Crippen molar-refractivity contribution < 1.29 is 12.8 Å². The number of rotatable bonds is 3. The van der Waals surface area contributed by atoms with Gasteiger partial charge in [-0.2, -0.15) is 0 Å². The molecule has 0 fully saturated rings. The van der Waals surface area contributed by atoms with Crippen LogP contribution in [0, 0.1) is 0 Å². The first-order valence-corrected chi connectivity index (χ1v) is 7.97. The first kappa shape index (κ1) is 13.0. The maximum Gasteiger partial charge on any atom is 0.258 e. The van der Waals surface area contributed by atoms with E-state index in [-0.39, 0.29) is 10.8 Å². The molecular weight excluding hydrogens is 298 g/mol. The average molecular weight is 307 g/mol. The first-order chi connectivity index (χ1) is 9.54. The molecule has 0 bridgehead atoms. The van der Waals surface area contributed by atoms with Crippen LogP contribution in [-0.2, 0) is 10.0 Å². The highest BCUT2D eigenvalue weighted by Gasteiger charge is 2.14. The van der Waals surface area contributed by atoms with Crippen LogP contribution in [0.2, 0.25) is 0 Å². The number of hydrogen-bond donors (Lipinski definition) is 1. The fraction of sp³-hybridized carbons (Fsp3) is 0. The van der Waals surface area contributed by atoms with Crippen LogP contribution >= 0.6 is 11.3 Å². The van der Waals surface area contributed by atoms with Crippen molar-refractivity contribution in [1.82, 2.24) is 10.2 Å². The molecule has 0 aliphatic rings. The summed E-state index contributed by atoms with van der Waals surface area (Å²) < 4.78 is 28.2. The van der Waals surface area contributed by atoms with Crippen molar-refractivity contribution in [3.63, 3.8) is 0 Å². The van der Waals surface area contributed by atoms with E-state index < -0.39 is 10.0 Å². The molecule has 3 aromatic rings. The molecule has 3 rings (SSSR count). The SMILES string of the molecule is NS(=O)(=O)c1cccc(-c2nnc(-c3cccs3)o2)c1. The van der Waals surface area contributed by atoms with E-state index in [0.29, 0.717) is 11.5 Å². The quantitative estimate of drug-likeness (QED) is 0.799. The second-order valence-electron chi connectivity index (χ2n) is 3.96. The number of aromatic nitrogens is 2. The van der Waals surface area contributed by atoms with Gasteiger partial charge in [0.25, 0.3) is 5.89 Å². The van der Waals surface area contributed by atoms with E-state index in [2.05, 4.69) is 10.2 Å². The summed E-state index contributed by atoms with van der Waals surface area (Å²) in [6.07, 6.45) is 0. The zero-order valence-corrected chi connectivity index (χ0v) is 11.7. The standard InChI is InChI=1S/C12H9N3O3S2/c13-20(16,17)9-4-1-3-8(7-9)11-14-15-12(18-11)10-5-2-6-19-10/h1-7H,(H2,13,16,17). The van der Waals surface area contributed by atoms with E-state index >= 15 is 0 Å². The van der Waals surface area contributed by atoms with Gasteiger partial charge >= 0.3 is 0 Å². The zero-order chi connectivity index (χ0) is 14.2. The van der Waals surface area contributed by atoms with Crippen molar-refractivity contribution in [2.75, 3.05) is 0 Å². The third-order valence-corrected chi connectivity index (χ3v) is 4.34. The summed E-state index contributed by atoms with van der Waals surface area (Å²) in [6, 6.07) is 9.81. The van der Waals surface area contributed by atoms with Gasteiger partial charge in [-0.3, -0.25) is 0 Å². The van der Waals surface area contributed by atoms with Gasteiger partial charge in [-0.05, 0) is 29.6 Å². The van der Waals surface area contributed by atoms with Crippen LogP contribution in [0.5, 0.6) is 0 Å². The molecule has 8 heteroatoms. The van der Waals surface area contributed by atoms with Crippen molar-refractivity contribution in [2.24, 2.45) is 5.14 Å². The Morgan fingerprint density at radius 2 is 1.90 bits per heavy atom. The third-order valence-electron chi connectivity index (χ3n) is 2.57. The van der Waals surface area contributed by atoms with Gasteiger partial charge in [0.2, 0.25) is 15.9 Å². The number of benzene rings is 1. The lowest BCUT2D eigenvalue weighted by molar-refractivity contribution is 0.585. The highest BCUT2D eigenvalue weighted by atomic mass is 32.2. The van der Waals surface area contributed by atoms with E-state index in [9.17, 15) is 8.42 Å². The monoisotopic (exact) mass is 307 g/mol. The maximum atomic E-state index is 11.3. The minimum absolute atomic E-state index is 0.00544. The summed E-state index contributed by atoms with van der Waals surface area (Å²) in [5.74, 6) is 0.648. The molecule has 0 unspecified atom stereocenters. The van der Waals surface area contributed by atoms with Crippen molar-refractivity contribution in [3.8, 4) is 22.2 Å². The Morgan fingerprint density at radius 3 is 2.60 bits per heavy atom. The van der Waals surface area contributed by atoms with Crippen molar-refractivity contribution >= 4 is 21.4 Å². The van der Waals surface area contributed by atoms with E-state index in [1.54, 1.807) is 12.1 Å². The molecule has 0 saturated carbocycles. The molecule has 102 valence electrons. The molecule has 2 heterocycles. The average Bonchev–Trinajstić information content (AvgIpc) is 3.09. The Morgan fingerprint density at radius 1 is 1.10 bits per heavy atom. The van der Waals surface area contributed by atoms with Crippen LogP contribution in [0.4, 0.5) is 0 Å². The Hall–Kier alpha value is -2.03. The lowest BCUT2D eigenvalue weighted by atomic mass is 10.2. The van der Waals surface area contributed by atoms with Gasteiger partial charge in [0, 0.05) is 5.56 Å². The highest BCUT2D eigenvalue weighted by molar-refractivity contribution is 7.89. The van der Waals surface area contributed by atoms with Crippen LogP contribution in [0.1, 0.15) is 0 Å². The van der Waals surface area contributed by atoms with Crippen LogP contribution < -0.4 is 5.14 Å². The Bertz CT molecular complexity index is 838. The van der Waals surface area contributed by atoms with Crippen LogP contribution in [0.25, 0.3) is 22.2 Å². The minimum Gasteiger partial charge on any atom is -0.415 e. The summed E-state index contributed by atoms with van der Waals surface area (Å²) in [5, 5.41) is 14.9. The molecule has 1 aromatic carbocycles. The molecule has 6 nitrogen and oxygen atoms in total. The summed E-state index contributed by atoms with van der Waals surface area (Å²) in [5.41, 5.74) is 0.506. The lowest BCUT2D eigenvalue weighted by Crippen LogP contribution is -2.11. The molecule has 0 spiro atoms. The summed E-state index contributed by atoms with van der Waals surface area (Å²) in [6.45, 7) is 0. The second kappa shape index (κ2) is 4.82. The summed E-state index contributed by atoms with van der Waals surface area (Å²) >= 11 is 1.48. The third kappa shape index (κ3) is 2.48. The van der Waals surface area contributed by atoms with Gasteiger partial charge in [0.15, 0.2) is 0 Å². The van der Waals surface area contributed by atoms with Crippen LogP contribution in [0.3, 0.4) is 0 Å². The van der Waals surface area contributed by atoms with Crippen LogP contribution in [0.15, 0.2) is 51.1 Å². The van der Waals surface area contributed by atoms with E-state index in [4.69, 9.17) is 9.56 Å². The lowest BCUT2D eigenvalue weighted by Gasteiger charge is -1.99. The molecule has 0 saturated heterocycles. The normalized spacial score (nSPS) is 11.7. The Kier molecular flexibility index (Phi) is 3.13. The molecule has 0 amide bonds. The molecule has 2 aromatic heterocycles. The Labute approximate surface area is 118 Å². The second-order valence-corrected chi connectivity index (χ2v) is 6.47. The topological polar surface area (TPSA) is 99.1 Å². The Balaban J connectivity index is 2.02. The number of thiophene rings is 1. The predicted octanol–water partition coefficient (Wildman–Crippen LogP) is 2.11. The van der Waals surface area contributed by atoms with E-state index in [1.807, 2.05) is 17.5 Å². The molecule has 0 aliphatic carbocycles. The highest BCUT2D eigenvalue weighted by Crippen LogP contribution is 2.27. The van der Waals surface area contributed by atoms with Gasteiger partial charge in [0.05, 0.1) is 9.77 Å². The van der Waals surface area contributed by atoms with Gasteiger partial charge in [-0.25, -0.2) is 13.6 Å². The van der Waals surface area contributed by atoms with Crippen LogP contribution in [-0.4, -0.2) is 18.6 Å². The van der Waals surface area contributed by atoms with Crippen molar-refractivity contribution in [2.45, 2.75) is 4.90 Å². The smallest absolute Gasteiger partial charge is 0.258 e. The predicted molar refractivity (Wildman–Crippen MR) is 74.4 cm³/mol. The number of primary sulfonamides is 1. The van der Waals surface area contributed by atoms with Crippen molar-refractivity contribution in [1.29, 1.82) is 0 Å². The van der Waals surface area contributed by atoms with Gasteiger partial charge in [-0.1, -0.05) is 12.1 Å². The fourth-order valence-electron chi connectivity index (χ4n) is 1.65. The molecule has 0 atom stereocenters. The number of sulfonamides is 1. The summed E-state index contributed by atoms with van der Waals surface area (Å²) in [7, 11) is -3.76. The molecule has 20 heavy (non-hydrogen) atoms. The van der Waals surface area contributed by atoms with Crippen molar-refractivity contribution in [3.05, 3.63) is 41.8 Å². The maximum absolute atomic E-state index is 11.3. The number of hydrogen-bond acceptors (Lipinski definition) is 6. The molecule has 0 aliphatic heterocycles. The number of nitrogens with two attached hydrogens (primary N) is 1. The van der Waals surface area contributed by atoms with Gasteiger partial charge < -0.3 is 4.42 Å². The molecule has 2 N–H and O–H groups in total. The summed E-state index contributed by atoms with van der Waals surface area (Å²) in [4.78, 5) is 0.859. The fourth-order valence-corrected chi connectivity index (χ4v) is 2.85. The largest absolute Gasteiger partial charge is 0.415 e. The molecule has 0 radical (unpaired) electrons. The van der Waals surface area contributed by atoms with E-state index in [0.717, 1.165) is 4.88 Å².